The van der Waals surface area contributed by atoms with Gasteiger partial charge in [-0.15, -0.1) is 0 Å². The van der Waals surface area contributed by atoms with Gasteiger partial charge < -0.3 is 15.4 Å². The molecule has 9 heteroatoms. The molecule has 2 aliphatic rings. The monoisotopic (exact) mass is 538 g/mol. The second kappa shape index (κ2) is 15.8. The van der Waals surface area contributed by atoms with E-state index >= 15 is 0 Å². The lowest BCUT2D eigenvalue weighted by Gasteiger charge is -2.35. The third-order valence-corrected chi connectivity index (χ3v) is 6.84. The predicted octanol–water partition coefficient (Wildman–Crippen LogP) is 2.97. The lowest BCUT2D eigenvalue weighted by atomic mass is 10.00. The number of nitrogens with one attached hydrogen (secondary N) is 3. The van der Waals surface area contributed by atoms with E-state index in [1.807, 2.05) is 68.5 Å². The summed E-state index contributed by atoms with van der Waals surface area (Å²) in [5, 5.41) is 7.19. The number of ether oxygens (including phenoxy) is 1. The van der Waals surface area contributed by atoms with Gasteiger partial charge in [-0.05, 0) is 50.0 Å². The number of hydrazine groups is 1. The van der Waals surface area contributed by atoms with E-state index in [-0.39, 0.29) is 30.8 Å². The van der Waals surface area contributed by atoms with Crippen molar-refractivity contribution < 1.29 is 23.9 Å². The van der Waals surface area contributed by atoms with Crippen LogP contribution in [0, 0.1) is 5.92 Å². The molecule has 1 fully saturated rings. The van der Waals surface area contributed by atoms with Crippen molar-refractivity contribution in [3.05, 3.63) is 60.2 Å². The summed E-state index contributed by atoms with van der Waals surface area (Å²) in [6, 6.07) is 7.16. The van der Waals surface area contributed by atoms with Crippen molar-refractivity contribution in [3.63, 3.8) is 0 Å². The summed E-state index contributed by atoms with van der Waals surface area (Å²) in [5.41, 5.74) is 3.91. The quantitative estimate of drug-likeness (QED) is 0.510. The minimum atomic E-state index is -0.880. The van der Waals surface area contributed by atoms with Crippen molar-refractivity contribution in [1.82, 2.24) is 21.1 Å². The van der Waals surface area contributed by atoms with E-state index in [9.17, 15) is 19.2 Å². The average Bonchev–Trinajstić information content (AvgIpc) is 2.93. The molecule has 0 aliphatic carbocycles. The fourth-order valence-corrected chi connectivity index (χ4v) is 4.62. The second-order valence-electron chi connectivity index (χ2n) is 10.4. The smallest absolute Gasteiger partial charge is 0.324 e. The summed E-state index contributed by atoms with van der Waals surface area (Å²) in [6.07, 6.45) is 12.6. The normalized spacial score (nSPS) is 24.8. The molecule has 3 amide bonds. The molecule has 0 aromatic heterocycles. The number of carbonyl (C=O) groups is 4. The van der Waals surface area contributed by atoms with Crippen LogP contribution in [-0.2, 0) is 30.3 Å². The van der Waals surface area contributed by atoms with E-state index in [2.05, 4.69) is 16.1 Å². The molecule has 1 saturated heterocycles. The van der Waals surface area contributed by atoms with Crippen LogP contribution in [0.4, 0.5) is 0 Å². The fraction of sp³-hybridized carbons (Fsp3) is 0.533. The Labute approximate surface area is 231 Å². The summed E-state index contributed by atoms with van der Waals surface area (Å²) in [4.78, 5) is 52.4. The Hall–Kier alpha value is -3.46. The number of rotatable bonds is 3. The van der Waals surface area contributed by atoms with Gasteiger partial charge in [-0.1, -0.05) is 68.5 Å². The number of benzene rings is 1. The van der Waals surface area contributed by atoms with E-state index in [1.54, 1.807) is 0 Å². The highest BCUT2D eigenvalue weighted by atomic mass is 16.5. The van der Waals surface area contributed by atoms with Crippen molar-refractivity contribution in [2.24, 2.45) is 5.92 Å². The average molecular weight is 539 g/mol. The third kappa shape index (κ3) is 9.98. The Morgan fingerprint density at radius 3 is 2.44 bits per heavy atom. The predicted molar refractivity (Wildman–Crippen MR) is 149 cm³/mol. The maximum absolute atomic E-state index is 13.7. The first kappa shape index (κ1) is 30.1. The van der Waals surface area contributed by atoms with Gasteiger partial charge in [-0.3, -0.25) is 24.2 Å². The molecule has 1 aromatic rings. The Bertz CT molecular complexity index is 1020. The van der Waals surface area contributed by atoms with Gasteiger partial charge in [0.25, 0.3) is 5.91 Å². The number of amides is 3. The van der Waals surface area contributed by atoms with Crippen molar-refractivity contribution >= 4 is 23.7 Å². The molecule has 3 N–H and O–H groups in total. The highest BCUT2D eigenvalue weighted by molar-refractivity contribution is 5.92. The van der Waals surface area contributed by atoms with E-state index in [0.717, 1.165) is 18.4 Å². The summed E-state index contributed by atoms with van der Waals surface area (Å²) in [5.74, 6) is -1.49. The number of carbonyl (C=O) groups excluding carboxylic acids is 4. The van der Waals surface area contributed by atoms with Crippen molar-refractivity contribution in [2.45, 2.75) is 83.3 Å². The van der Waals surface area contributed by atoms with Crippen LogP contribution >= 0.6 is 0 Å². The Morgan fingerprint density at radius 1 is 0.949 bits per heavy atom. The number of cyclic esters (lactones) is 1. The van der Waals surface area contributed by atoms with Crippen molar-refractivity contribution in [1.29, 1.82) is 0 Å². The van der Waals surface area contributed by atoms with Gasteiger partial charge in [0.2, 0.25) is 11.8 Å². The maximum Gasteiger partial charge on any atom is 0.324 e. The molecule has 2 heterocycles. The number of nitrogens with zero attached hydrogens (tertiary/aromatic N) is 1. The molecule has 2 aliphatic heterocycles. The van der Waals surface area contributed by atoms with E-state index in [0.29, 0.717) is 38.6 Å². The lowest BCUT2D eigenvalue weighted by molar-refractivity contribution is -0.153. The van der Waals surface area contributed by atoms with E-state index in [4.69, 9.17) is 4.74 Å². The summed E-state index contributed by atoms with van der Waals surface area (Å²) in [7, 11) is 0. The van der Waals surface area contributed by atoms with Crippen LogP contribution in [0.1, 0.15) is 64.4 Å². The molecular weight excluding hydrogens is 496 g/mol. The SMILES string of the molecule is CC(C)[C@@H]1NC(=O)CCCCC=CC=CCCOC(=O)[C@@H]2CCCN(N2)C(=O)[C@H](Cc2ccccc2)NC1=O. The van der Waals surface area contributed by atoms with Gasteiger partial charge in [0.1, 0.15) is 18.1 Å². The van der Waals surface area contributed by atoms with Crippen LogP contribution in [0.2, 0.25) is 0 Å². The molecule has 0 radical (unpaired) electrons. The Kier molecular flexibility index (Phi) is 12.2. The summed E-state index contributed by atoms with van der Waals surface area (Å²) in [6.45, 7) is 4.39. The first-order chi connectivity index (χ1) is 18.8. The molecule has 3 atom stereocenters. The lowest BCUT2D eigenvalue weighted by Crippen LogP contribution is -2.62. The van der Waals surface area contributed by atoms with Crippen molar-refractivity contribution in [3.8, 4) is 0 Å². The molecule has 1 aromatic carbocycles. The van der Waals surface area contributed by atoms with Gasteiger partial charge in [0.05, 0.1) is 6.61 Å². The van der Waals surface area contributed by atoms with Gasteiger partial charge in [-0.25, -0.2) is 5.43 Å². The highest BCUT2D eigenvalue weighted by Crippen LogP contribution is 2.14. The van der Waals surface area contributed by atoms with Gasteiger partial charge >= 0.3 is 5.97 Å². The minimum Gasteiger partial charge on any atom is -0.464 e. The largest absolute Gasteiger partial charge is 0.464 e. The topological polar surface area (TPSA) is 117 Å². The minimum absolute atomic E-state index is 0.172. The zero-order valence-corrected chi connectivity index (χ0v) is 23.1. The van der Waals surface area contributed by atoms with Gasteiger partial charge in [0.15, 0.2) is 0 Å². The number of fused-ring (bicyclic) bond motifs is 2. The third-order valence-electron chi connectivity index (χ3n) is 6.84. The first-order valence-electron chi connectivity index (χ1n) is 14.0. The van der Waals surface area contributed by atoms with Crippen LogP contribution < -0.4 is 16.1 Å². The number of hydrogen-bond acceptors (Lipinski definition) is 6. The Balaban J connectivity index is 1.81. The van der Waals surface area contributed by atoms with Gasteiger partial charge in [-0.2, -0.15) is 0 Å². The van der Waals surface area contributed by atoms with Crippen LogP contribution in [0.5, 0.6) is 0 Å². The zero-order valence-electron chi connectivity index (χ0n) is 23.1. The van der Waals surface area contributed by atoms with Gasteiger partial charge in [0, 0.05) is 19.4 Å². The molecule has 3 rings (SSSR count). The maximum atomic E-state index is 13.7. The fourth-order valence-electron chi connectivity index (χ4n) is 4.62. The molecular formula is C30H42N4O5. The molecule has 39 heavy (non-hydrogen) atoms. The number of esters is 1. The summed E-state index contributed by atoms with van der Waals surface area (Å²) >= 11 is 0. The van der Waals surface area contributed by atoms with E-state index < -0.39 is 30.0 Å². The first-order valence-corrected chi connectivity index (χ1v) is 14.0. The van der Waals surface area contributed by atoms with Crippen LogP contribution in [0.3, 0.4) is 0 Å². The standard InChI is InChI=1S/C30H42N4O5/c1-22(2)27-28(36)31-25(21-23-15-10-9-11-16-23)29(37)34-19-14-17-24(33-34)30(38)39-20-13-8-6-4-3-5-7-12-18-26(35)32-27/h3-4,6,8-11,15-16,22,24-25,27,33H,5,7,12-14,17-21H2,1-2H3,(H,31,36)(H,32,35)/t24-,25-,27-/m0/s1. The number of hydrogen-bond donors (Lipinski definition) is 3. The molecule has 0 saturated carbocycles. The van der Waals surface area contributed by atoms with E-state index in [1.165, 1.54) is 5.01 Å². The van der Waals surface area contributed by atoms with Crippen LogP contribution in [-0.4, -0.2) is 60.0 Å². The second-order valence-corrected chi connectivity index (χ2v) is 10.4. The Morgan fingerprint density at radius 2 is 1.69 bits per heavy atom. The number of allylic oxidation sites excluding steroid dienone is 3. The summed E-state index contributed by atoms with van der Waals surface area (Å²) < 4.78 is 5.44. The molecule has 0 spiro atoms. The van der Waals surface area contributed by atoms with Crippen LogP contribution in [0.15, 0.2) is 54.6 Å². The molecule has 212 valence electrons. The van der Waals surface area contributed by atoms with Crippen LogP contribution in [0.25, 0.3) is 0 Å². The molecule has 0 unspecified atom stereocenters. The molecule has 9 nitrogen and oxygen atoms in total. The molecule has 2 bridgehead atoms. The zero-order chi connectivity index (χ0) is 28.0. The van der Waals surface area contributed by atoms with Crippen molar-refractivity contribution in [2.75, 3.05) is 13.2 Å². The highest BCUT2D eigenvalue weighted by Gasteiger charge is 2.35.